The van der Waals surface area contributed by atoms with E-state index in [0.717, 1.165) is 0 Å². The molecular weight excluding hydrogens is 154 g/mol. The predicted octanol–water partition coefficient (Wildman–Crippen LogP) is 0.431. The number of carbonyl (C=O) groups excluding carboxylic acids is 1. The van der Waals surface area contributed by atoms with Crippen LogP contribution in [0.15, 0.2) is 0 Å². The van der Waals surface area contributed by atoms with E-state index in [1.165, 1.54) is 0 Å². The van der Waals surface area contributed by atoms with Crippen molar-refractivity contribution < 1.29 is 4.79 Å². The molecule has 0 radical (unpaired) electrons. The highest BCUT2D eigenvalue weighted by molar-refractivity contribution is 5.74. The van der Waals surface area contributed by atoms with Crippen molar-refractivity contribution in [1.29, 1.82) is 0 Å². The Morgan fingerprint density at radius 2 is 2.00 bits per heavy atom. The molecule has 0 aliphatic heterocycles. The van der Waals surface area contributed by atoms with Gasteiger partial charge in [-0.1, -0.05) is 0 Å². The predicted molar refractivity (Wildman–Crippen MR) is 49.9 cm³/mol. The molecule has 2 amide bonds. The summed E-state index contributed by atoms with van der Waals surface area (Å²) in [5.41, 5.74) is 5.32. The molecule has 0 heterocycles. The summed E-state index contributed by atoms with van der Waals surface area (Å²) < 4.78 is 0. The van der Waals surface area contributed by atoms with E-state index in [-0.39, 0.29) is 17.6 Å². The van der Waals surface area contributed by atoms with Crippen LogP contribution in [0.1, 0.15) is 27.7 Å². The lowest BCUT2D eigenvalue weighted by Crippen LogP contribution is -2.49. The van der Waals surface area contributed by atoms with Crippen LogP contribution < -0.4 is 16.4 Å². The average Bonchev–Trinajstić information content (AvgIpc) is 1.80. The zero-order valence-corrected chi connectivity index (χ0v) is 8.27. The highest BCUT2D eigenvalue weighted by atomic mass is 16.2. The number of amides is 2. The van der Waals surface area contributed by atoms with Gasteiger partial charge in [0.2, 0.25) is 0 Å². The lowest BCUT2D eigenvalue weighted by atomic mass is 10.1. The van der Waals surface area contributed by atoms with E-state index in [4.69, 9.17) is 5.73 Å². The quantitative estimate of drug-likeness (QED) is 0.579. The fourth-order valence-corrected chi connectivity index (χ4v) is 0.621. The van der Waals surface area contributed by atoms with Crippen molar-refractivity contribution in [3.8, 4) is 0 Å². The summed E-state index contributed by atoms with van der Waals surface area (Å²) in [5.74, 6) is 0. The Hall–Kier alpha value is -0.770. The van der Waals surface area contributed by atoms with Crippen molar-refractivity contribution in [2.24, 2.45) is 5.73 Å². The second-order valence-electron chi connectivity index (χ2n) is 3.97. The molecule has 0 saturated heterocycles. The lowest BCUT2D eigenvalue weighted by molar-refractivity contribution is 0.236. The van der Waals surface area contributed by atoms with Gasteiger partial charge in [0.1, 0.15) is 0 Å². The van der Waals surface area contributed by atoms with Crippen molar-refractivity contribution in [3.63, 3.8) is 0 Å². The minimum atomic E-state index is -0.353. The highest BCUT2D eigenvalue weighted by Crippen LogP contribution is 1.92. The van der Waals surface area contributed by atoms with E-state index < -0.39 is 0 Å². The monoisotopic (exact) mass is 173 g/mol. The van der Waals surface area contributed by atoms with Crippen LogP contribution in [0.4, 0.5) is 4.79 Å². The van der Waals surface area contributed by atoms with Gasteiger partial charge in [0.05, 0.1) is 0 Å². The van der Waals surface area contributed by atoms with Gasteiger partial charge in [-0.3, -0.25) is 0 Å². The van der Waals surface area contributed by atoms with Crippen molar-refractivity contribution in [2.45, 2.75) is 39.3 Å². The Morgan fingerprint density at radius 1 is 1.50 bits per heavy atom. The standard InChI is InChI=1S/C8H19N3O/c1-6(2)11-7(12)10-5-8(3,4)9/h6H,5,9H2,1-4H3,(H2,10,11,12). The summed E-state index contributed by atoms with van der Waals surface area (Å²) in [6.45, 7) is 8.02. The zero-order valence-electron chi connectivity index (χ0n) is 8.27. The molecule has 0 aliphatic rings. The maximum atomic E-state index is 11.0. The summed E-state index contributed by atoms with van der Waals surface area (Å²) in [6, 6.07) is -0.00517. The molecule has 4 heteroatoms. The molecule has 0 saturated carbocycles. The second kappa shape index (κ2) is 4.30. The normalized spacial score (nSPS) is 11.5. The largest absolute Gasteiger partial charge is 0.336 e. The van der Waals surface area contributed by atoms with Gasteiger partial charge in [-0.15, -0.1) is 0 Å². The van der Waals surface area contributed by atoms with Gasteiger partial charge in [-0.2, -0.15) is 0 Å². The Labute approximate surface area is 73.9 Å². The molecule has 12 heavy (non-hydrogen) atoms. The fraction of sp³-hybridized carbons (Fsp3) is 0.875. The van der Waals surface area contributed by atoms with Gasteiger partial charge in [0.25, 0.3) is 0 Å². The summed E-state index contributed by atoms with van der Waals surface area (Å²) in [6.07, 6.45) is 0. The lowest BCUT2D eigenvalue weighted by Gasteiger charge is -2.19. The molecule has 0 spiro atoms. The smallest absolute Gasteiger partial charge is 0.315 e. The first-order valence-corrected chi connectivity index (χ1v) is 4.14. The van der Waals surface area contributed by atoms with Crippen LogP contribution in [0, 0.1) is 0 Å². The molecule has 0 fully saturated rings. The molecule has 0 aliphatic carbocycles. The number of carbonyl (C=O) groups is 1. The highest BCUT2D eigenvalue weighted by Gasteiger charge is 2.11. The number of hydrogen-bond donors (Lipinski definition) is 3. The minimum Gasteiger partial charge on any atom is -0.336 e. The van der Waals surface area contributed by atoms with Crippen LogP contribution >= 0.6 is 0 Å². The Bertz CT molecular complexity index is 149. The van der Waals surface area contributed by atoms with E-state index in [9.17, 15) is 4.79 Å². The van der Waals surface area contributed by atoms with Gasteiger partial charge in [0.15, 0.2) is 0 Å². The Morgan fingerprint density at radius 3 is 2.33 bits per heavy atom. The van der Waals surface area contributed by atoms with E-state index in [0.29, 0.717) is 6.54 Å². The van der Waals surface area contributed by atoms with Crippen molar-refractivity contribution in [2.75, 3.05) is 6.54 Å². The van der Waals surface area contributed by atoms with Gasteiger partial charge < -0.3 is 16.4 Å². The third-order valence-electron chi connectivity index (χ3n) is 1.12. The number of nitrogens with two attached hydrogens (primary N) is 1. The minimum absolute atomic E-state index is 0.158. The summed E-state index contributed by atoms with van der Waals surface area (Å²) >= 11 is 0. The van der Waals surface area contributed by atoms with Crippen molar-refractivity contribution >= 4 is 6.03 Å². The topological polar surface area (TPSA) is 67.2 Å². The molecule has 0 bridgehead atoms. The fourth-order valence-electron chi connectivity index (χ4n) is 0.621. The Kier molecular flexibility index (Phi) is 4.03. The molecule has 0 aromatic carbocycles. The SMILES string of the molecule is CC(C)NC(=O)NCC(C)(C)N. The van der Waals surface area contributed by atoms with E-state index in [2.05, 4.69) is 10.6 Å². The molecular formula is C8H19N3O. The third-order valence-corrected chi connectivity index (χ3v) is 1.12. The third kappa shape index (κ3) is 7.34. The van der Waals surface area contributed by atoms with E-state index in [1.54, 1.807) is 0 Å². The molecule has 0 atom stereocenters. The first-order valence-electron chi connectivity index (χ1n) is 4.14. The van der Waals surface area contributed by atoms with Crippen molar-refractivity contribution in [1.82, 2.24) is 10.6 Å². The zero-order chi connectivity index (χ0) is 9.78. The van der Waals surface area contributed by atoms with Crippen LogP contribution in [0.5, 0.6) is 0 Å². The van der Waals surface area contributed by atoms with Crippen molar-refractivity contribution in [3.05, 3.63) is 0 Å². The summed E-state index contributed by atoms with van der Waals surface area (Å²) in [5, 5.41) is 5.39. The number of urea groups is 1. The van der Waals surface area contributed by atoms with Crippen LogP contribution in [-0.2, 0) is 0 Å². The molecule has 0 unspecified atom stereocenters. The summed E-state index contributed by atoms with van der Waals surface area (Å²) in [4.78, 5) is 11.0. The van der Waals surface area contributed by atoms with Gasteiger partial charge >= 0.3 is 6.03 Å². The number of hydrogen-bond acceptors (Lipinski definition) is 2. The molecule has 72 valence electrons. The maximum absolute atomic E-state index is 11.0. The molecule has 0 rings (SSSR count). The van der Waals surface area contributed by atoms with Gasteiger partial charge in [0, 0.05) is 18.1 Å². The molecule has 4 nitrogen and oxygen atoms in total. The first kappa shape index (κ1) is 11.2. The molecule has 0 aromatic heterocycles. The average molecular weight is 173 g/mol. The van der Waals surface area contributed by atoms with Gasteiger partial charge in [-0.05, 0) is 27.7 Å². The number of nitrogens with one attached hydrogen (secondary N) is 2. The van der Waals surface area contributed by atoms with Crippen LogP contribution in [0.2, 0.25) is 0 Å². The van der Waals surface area contributed by atoms with Crippen LogP contribution in [-0.4, -0.2) is 24.2 Å². The molecule has 0 aromatic rings. The molecule has 4 N–H and O–H groups in total. The summed E-state index contributed by atoms with van der Waals surface area (Å²) in [7, 11) is 0. The Balaban J connectivity index is 3.58. The first-order chi connectivity index (χ1) is 5.31. The van der Waals surface area contributed by atoms with E-state index >= 15 is 0 Å². The second-order valence-corrected chi connectivity index (χ2v) is 3.97. The number of rotatable bonds is 3. The van der Waals surface area contributed by atoms with E-state index in [1.807, 2.05) is 27.7 Å². The van der Waals surface area contributed by atoms with Crippen LogP contribution in [0.25, 0.3) is 0 Å². The van der Waals surface area contributed by atoms with Gasteiger partial charge in [-0.25, -0.2) is 4.79 Å². The van der Waals surface area contributed by atoms with Crippen LogP contribution in [0.3, 0.4) is 0 Å². The maximum Gasteiger partial charge on any atom is 0.315 e.